The predicted molar refractivity (Wildman–Crippen MR) is 31.1 cm³/mol. The molecule has 3 nitrogen and oxygen atoms in total. The fourth-order valence-corrected chi connectivity index (χ4v) is 0.510. The first-order chi connectivity index (χ1) is 3.80. The summed E-state index contributed by atoms with van der Waals surface area (Å²) in [5.41, 5.74) is 5.48. The van der Waals surface area contributed by atoms with E-state index in [1.165, 1.54) is 0 Å². The van der Waals surface area contributed by atoms with Gasteiger partial charge in [0.05, 0.1) is 12.5 Å². The number of imidazole rings is 1. The quantitative estimate of drug-likeness (QED) is 0.568. The summed E-state index contributed by atoms with van der Waals surface area (Å²) in [4.78, 5) is 3.83. The molecule has 0 bridgehead atoms. The summed E-state index contributed by atoms with van der Waals surface area (Å²) in [5, 5.41) is 0. The van der Waals surface area contributed by atoms with Crippen LogP contribution in [0.15, 0.2) is 18.7 Å². The van der Waals surface area contributed by atoms with Crippen LogP contribution in [0, 0.1) is 0 Å². The van der Waals surface area contributed by atoms with E-state index in [0.29, 0.717) is 0 Å². The zero-order valence-corrected chi connectivity index (χ0v) is 4.78. The summed E-state index contributed by atoms with van der Waals surface area (Å²) in [6.07, 6.45) is 5.29. The van der Waals surface area contributed by atoms with Gasteiger partial charge in [-0.15, -0.1) is 0 Å². The van der Waals surface area contributed by atoms with E-state index >= 15 is 0 Å². The first-order valence-corrected chi connectivity index (χ1v) is 2.54. The van der Waals surface area contributed by atoms with Crippen molar-refractivity contribution in [3.05, 3.63) is 18.7 Å². The number of nitrogens with zero attached hydrogens (tertiary/aromatic N) is 2. The average molecular weight is 111 g/mol. The fourth-order valence-electron chi connectivity index (χ4n) is 0.510. The number of hydrogen-bond donors (Lipinski definition) is 1. The molecular formula is C5H9N3. The summed E-state index contributed by atoms with van der Waals surface area (Å²) < 4.78 is 1.83. The van der Waals surface area contributed by atoms with Crippen LogP contribution in [-0.2, 0) is 0 Å². The lowest BCUT2D eigenvalue weighted by Gasteiger charge is -2.02. The summed E-state index contributed by atoms with van der Waals surface area (Å²) in [6, 6.07) is 0. The second-order valence-electron chi connectivity index (χ2n) is 1.75. The van der Waals surface area contributed by atoms with Crippen molar-refractivity contribution in [1.29, 1.82) is 0 Å². The zero-order valence-electron chi connectivity index (χ0n) is 4.78. The molecular weight excluding hydrogens is 102 g/mol. The van der Waals surface area contributed by atoms with Crippen LogP contribution in [-0.4, -0.2) is 9.55 Å². The smallest absolute Gasteiger partial charge is 0.0958 e. The van der Waals surface area contributed by atoms with Crippen molar-refractivity contribution in [2.45, 2.75) is 13.1 Å². The minimum atomic E-state index is 0.0394. The van der Waals surface area contributed by atoms with Crippen LogP contribution in [0.25, 0.3) is 0 Å². The van der Waals surface area contributed by atoms with Gasteiger partial charge >= 0.3 is 0 Å². The van der Waals surface area contributed by atoms with E-state index in [1.54, 1.807) is 12.5 Å². The Morgan fingerprint density at radius 2 is 2.50 bits per heavy atom. The highest BCUT2D eigenvalue weighted by molar-refractivity contribution is 4.75. The molecule has 3 heteroatoms. The van der Waals surface area contributed by atoms with E-state index in [-0.39, 0.29) is 6.17 Å². The van der Waals surface area contributed by atoms with E-state index < -0.39 is 0 Å². The molecule has 0 saturated carbocycles. The van der Waals surface area contributed by atoms with Gasteiger partial charge in [0.25, 0.3) is 0 Å². The Balaban J connectivity index is 2.77. The summed E-state index contributed by atoms with van der Waals surface area (Å²) in [7, 11) is 0. The van der Waals surface area contributed by atoms with Gasteiger partial charge in [-0.1, -0.05) is 0 Å². The molecule has 1 heterocycles. The first kappa shape index (κ1) is 5.31. The maximum absolute atomic E-state index is 5.48. The van der Waals surface area contributed by atoms with Gasteiger partial charge in [-0.25, -0.2) is 4.98 Å². The van der Waals surface area contributed by atoms with Crippen molar-refractivity contribution in [2.24, 2.45) is 5.73 Å². The number of nitrogens with two attached hydrogens (primary N) is 1. The van der Waals surface area contributed by atoms with Crippen LogP contribution in [0.5, 0.6) is 0 Å². The third-order valence-corrected chi connectivity index (χ3v) is 0.995. The van der Waals surface area contributed by atoms with Crippen LogP contribution < -0.4 is 5.73 Å². The number of hydrogen-bond acceptors (Lipinski definition) is 2. The highest BCUT2D eigenvalue weighted by Gasteiger charge is 1.90. The Kier molecular flexibility index (Phi) is 1.30. The van der Waals surface area contributed by atoms with Gasteiger partial charge in [-0.3, -0.25) is 0 Å². The Hall–Kier alpha value is -0.830. The van der Waals surface area contributed by atoms with Crippen molar-refractivity contribution in [1.82, 2.24) is 9.55 Å². The van der Waals surface area contributed by atoms with Crippen molar-refractivity contribution in [3.8, 4) is 0 Å². The van der Waals surface area contributed by atoms with Gasteiger partial charge in [0.1, 0.15) is 0 Å². The predicted octanol–water partition coefficient (Wildman–Crippen LogP) is 0.360. The van der Waals surface area contributed by atoms with Gasteiger partial charge < -0.3 is 10.3 Å². The molecule has 1 aromatic heterocycles. The molecule has 2 N–H and O–H groups in total. The molecule has 0 fully saturated rings. The molecule has 8 heavy (non-hydrogen) atoms. The van der Waals surface area contributed by atoms with Crippen LogP contribution in [0.4, 0.5) is 0 Å². The highest BCUT2D eigenvalue weighted by atomic mass is 15.1. The minimum Gasteiger partial charge on any atom is -0.322 e. The molecule has 0 aliphatic heterocycles. The lowest BCUT2D eigenvalue weighted by atomic mass is 10.6. The maximum atomic E-state index is 5.48. The molecule has 44 valence electrons. The molecule has 0 spiro atoms. The summed E-state index contributed by atoms with van der Waals surface area (Å²) >= 11 is 0. The van der Waals surface area contributed by atoms with Gasteiger partial charge in [-0.05, 0) is 6.92 Å². The van der Waals surface area contributed by atoms with Gasteiger partial charge in [-0.2, -0.15) is 0 Å². The second-order valence-corrected chi connectivity index (χ2v) is 1.75. The summed E-state index contributed by atoms with van der Waals surface area (Å²) in [6.45, 7) is 1.90. The Bertz CT molecular complexity index is 143. The Morgan fingerprint density at radius 3 is 2.75 bits per heavy atom. The van der Waals surface area contributed by atoms with E-state index in [1.807, 2.05) is 17.7 Å². The molecule has 0 saturated heterocycles. The molecule has 0 radical (unpaired) electrons. The highest BCUT2D eigenvalue weighted by Crippen LogP contribution is 1.92. The monoisotopic (exact) mass is 111 g/mol. The molecule has 1 aromatic rings. The van der Waals surface area contributed by atoms with E-state index in [9.17, 15) is 0 Å². The molecule has 1 atom stereocenters. The summed E-state index contributed by atoms with van der Waals surface area (Å²) in [5.74, 6) is 0. The van der Waals surface area contributed by atoms with Crippen molar-refractivity contribution < 1.29 is 0 Å². The number of aromatic nitrogens is 2. The van der Waals surface area contributed by atoms with Crippen molar-refractivity contribution in [2.75, 3.05) is 0 Å². The molecule has 0 aromatic carbocycles. The van der Waals surface area contributed by atoms with Crippen LogP contribution in [0.2, 0.25) is 0 Å². The van der Waals surface area contributed by atoms with Crippen molar-refractivity contribution in [3.63, 3.8) is 0 Å². The molecule has 1 unspecified atom stereocenters. The average Bonchev–Trinajstić information content (AvgIpc) is 2.12. The topological polar surface area (TPSA) is 43.8 Å². The molecule has 0 aliphatic rings. The maximum Gasteiger partial charge on any atom is 0.0958 e. The standard InChI is InChI=1S/C5H9N3/c1-5(6)8-3-2-7-4-8/h2-5H,6H2,1H3. The largest absolute Gasteiger partial charge is 0.322 e. The third-order valence-electron chi connectivity index (χ3n) is 0.995. The lowest BCUT2D eigenvalue weighted by Crippen LogP contribution is -2.11. The second kappa shape index (κ2) is 1.96. The SMILES string of the molecule is CC(N)n1ccnc1. The van der Waals surface area contributed by atoms with Crippen molar-refractivity contribution >= 4 is 0 Å². The third kappa shape index (κ3) is 0.869. The normalized spacial score (nSPS) is 13.8. The van der Waals surface area contributed by atoms with Crippen LogP contribution >= 0.6 is 0 Å². The minimum absolute atomic E-state index is 0.0394. The molecule has 1 rings (SSSR count). The Morgan fingerprint density at radius 1 is 1.75 bits per heavy atom. The van der Waals surface area contributed by atoms with Crippen LogP contribution in [0.3, 0.4) is 0 Å². The van der Waals surface area contributed by atoms with E-state index in [4.69, 9.17) is 5.73 Å². The lowest BCUT2D eigenvalue weighted by molar-refractivity contribution is 0.571. The molecule has 0 aliphatic carbocycles. The zero-order chi connectivity index (χ0) is 5.98. The van der Waals surface area contributed by atoms with Gasteiger partial charge in [0.15, 0.2) is 0 Å². The number of rotatable bonds is 1. The Labute approximate surface area is 48.1 Å². The van der Waals surface area contributed by atoms with Gasteiger partial charge in [0.2, 0.25) is 0 Å². The van der Waals surface area contributed by atoms with E-state index in [0.717, 1.165) is 0 Å². The fraction of sp³-hybridized carbons (Fsp3) is 0.400. The van der Waals surface area contributed by atoms with Gasteiger partial charge in [0, 0.05) is 12.4 Å². The first-order valence-electron chi connectivity index (χ1n) is 2.54. The molecule has 0 amide bonds. The van der Waals surface area contributed by atoms with Crippen LogP contribution in [0.1, 0.15) is 13.1 Å². The van der Waals surface area contributed by atoms with E-state index in [2.05, 4.69) is 4.98 Å².